The molecule has 2 aromatic carbocycles. The van der Waals surface area contributed by atoms with Crippen molar-refractivity contribution in [2.75, 3.05) is 21.3 Å². The van der Waals surface area contributed by atoms with Gasteiger partial charge in [-0.15, -0.1) is 0 Å². The summed E-state index contributed by atoms with van der Waals surface area (Å²) in [5, 5.41) is 0. The second kappa shape index (κ2) is 7.71. The Labute approximate surface area is 131 Å². The van der Waals surface area contributed by atoms with E-state index >= 15 is 0 Å². The number of hydrogen-bond acceptors (Lipinski definition) is 4. The molecule has 0 aliphatic rings. The minimum Gasteiger partial charge on any atom is -0.497 e. The van der Waals surface area contributed by atoms with Gasteiger partial charge in [-0.25, -0.2) is 0 Å². The molecule has 1 atom stereocenters. The summed E-state index contributed by atoms with van der Waals surface area (Å²) in [6.07, 6.45) is 1.66. The molecule has 2 N–H and O–H groups in total. The van der Waals surface area contributed by atoms with E-state index in [1.165, 1.54) is 0 Å². The van der Waals surface area contributed by atoms with Crippen LogP contribution in [0.5, 0.6) is 17.2 Å². The van der Waals surface area contributed by atoms with Gasteiger partial charge < -0.3 is 19.9 Å². The molecule has 22 heavy (non-hydrogen) atoms. The molecule has 4 heteroatoms. The lowest BCUT2D eigenvalue weighted by atomic mass is 9.99. The van der Waals surface area contributed by atoms with E-state index < -0.39 is 0 Å². The third kappa shape index (κ3) is 3.71. The quantitative estimate of drug-likeness (QED) is 0.852. The highest BCUT2D eigenvalue weighted by Crippen LogP contribution is 2.32. The second-order valence-corrected chi connectivity index (χ2v) is 5.07. The van der Waals surface area contributed by atoms with Gasteiger partial charge >= 0.3 is 0 Å². The molecular formula is C18H23NO3. The normalized spacial score (nSPS) is 11.8. The molecule has 0 fully saturated rings. The first-order chi connectivity index (χ1) is 10.7. The van der Waals surface area contributed by atoms with Crippen LogP contribution in [0.2, 0.25) is 0 Å². The Balaban J connectivity index is 2.05. The van der Waals surface area contributed by atoms with E-state index in [9.17, 15) is 0 Å². The van der Waals surface area contributed by atoms with Crippen molar-refractivity contribution in [2.45, 2.75) is 18.9 Å². The molecule has 0 amide bonds. The van der Waals surface area contributed by atoms with Crippen LogP contribution in [0, 0.1) is 0 Å². The summed E-state index contributed by atoms with van der Waals surface area (Å²) < 4.78 is 15.9. The van der Waals surface area contributed by atoms with Crippen molar-refractivity contribution in [3.05, 3.63) is 53.6 Å². The van der Waals surface area contributed by atoms with E-state index in [2.05, 4.69) is 0 Å². The van der Waals surface area contributed by atoms with E-state index in [0.717, 1.165) is 41.2 Å². The van der Waals surface area contributed by atoms with E-state index in [4.69, 9.17) is 19.9 Å². The highest BCUT2D eigenvalue weighted by molar-refractivity contribution is 5.46. The molecule has 4 nitrogen and oxygen atoms in total. The zero-order chi connectivity index (χ0) is 15.9. The van der Waals surface area contributed by atoms with Crippen LogP contribution in [-0.4, -0.2) is 21.3 Å². The molecule has 0 saturated heterocycles. The summed E-state index contributed by atoms with van der Waals surface area (Å²) in [5.74, 6) is 2.37. The molecule has 0 aromatic heterocycles. The van der Waals surface area contributed by atoms with Crippen molar-refractivity contribution in [3.63, 3.8) is 0 Å². The number of nitrogens with two attached hydrogens (primary N) is 1. The topological polar surface area (TPSA) is 53.7 Å². The molecule has 118 valence electrons. The standard InChI is InChI=1S/C18H23NO3/c1-20-15-10-7-13(8-11-15)16(19)12-9-14-5-4-6-17(21-2)18(14)22-3/h4-8,10-11,16H,9,12,19H2,1-3H3/t16-/m1/s1. The van der Waals surface area contributed by atoms with E-state index in [-0.39, 0.29) is 6.04 Å². The fourth-order valence-corrected chi connectivity index (χ4v) is 2.48. The fourth-order valence-electron chi connectivity index (χ4n) is 2.48. The Morgan fingerprint density at radius 2 is 1.64 bits per heavy atom. The number of ether oxygens (including phenoxy) is 3. The van der Waals surface area contributed by atoms with Crippen LogP contribution in [-0.2, 0) is 6.42 Å². The number of rotatable bonds is 7. The molecule has 0 aliphatic heterocycles. The molecule has 0 radical (unpaired) electrons. The first kappa shape index (κ1) is 16.2. The first-order valence-corrected chi connectivity index (χ1v) is 7.29. The molecular weight excluding hydrogens is 278 g/mol. The Hall–Kier alpha value is -2.20. The maximum atomic E-state index is 6.28. The van der Waals surface area contributed by atoms with Crippen LogP contribution in [0.15, 0.2) is 42.5 Å². The van der Waals surface area contributed by atoms with Crippen LogP contribution in [0.1, 0.15) is 23.6 Å². The van der Waals surface area contributed by atoms with Gasteiger partial charge in [-0.2, -0.15) is 0 Å². The van der Waals surface area contributed by atoms with Crippen LogP contribution in [0.25, 0.3) is 0 Å². The van der Waals surface area contributed by atoms with Crippen molar-refractivity contribution >= 4 is 0 Å². The van der Waals surface area contributed by atoms with E-state index in [1.807, 2.05) is 42.5 Å². The van der Waals surface area contributed by atoms with Gasteiger partial charge in [0.25, 0.3) is 0 Å². The van der Waals surface area contributed by atoms with Crippen LogP contribution in [0.3, 0.4) is 0 Å². The Bertz CT molecular complexity index is 596. The Morgan fingerprint density at radius 1 is 0.909 bits per heavy atom. The molecule has 0 aliphatic carbocycles. The highest BCUT2D eigenvalue weighted by atomic mass is 16.5. The highest BCUT2D eigenvalue weighted by Gasteiger charge is 2.12. The van der Waals surface area contributed by atoms with E-state index in [0.29, 0.717) is 0 Å². The van der Waals surface area contributed by atoms with Crippen LogP contribution in [0.4, 0.5) is 0 Å². The minimum absolute atomic E-state index is 0.0261. The number of benzene rings is 2. The smallest absolute Gasteiger partial charge is 0.163 e. The van der Waals surface area contributed by atoms with Crippen molar-refractivity contribution in [2.24, 2.45) is 5.73 Å². The van der Waals surface area contributed by atoms with Gasteiger partial charge in [0.05, 0.1) is 21.3 Å². The summed E-state index contributed by atoms with van der Waals surface area (Å²) in [7, 11) is 4.96. The zero-order valence-electron chi connectivity index (χ0n) is 13.3. The van der Waals surface area contributed by atoms with E-state index in [1.54, 1.807) is 21.3 Å². The van der Waals surface area contributed by atoms with Crippen molar-refractivity contribution in [1.82, 2.24) is 0 Å². The first-order valence-electron chi connectivity index (χ1n) is 7.29. The van der Waals surface area contributed by atoms with Gasteiger partial charge in [-0.05, 0) is 42.2 Å². The lowest BCUT2D eigenvalue weighted by molar-refractivity contribution is 0.351. The number of methoxy groups -OCH3 is 3. The monoisotopic (exact) mass is 301 g/mol. The lowest BCUT2D eigenvalue weighted by Crippen LogP contribution is -2.11. The van der Waals surface area contributed by atoms with Crippen LogP contribution >= 0.6 is 0 Å². The summed E-state index contributed by atoms with van der Waals surface area (Å²) in [5.41, 5.74) is 8.49. The van der Waals surface area contributed by atoms with Gasteiger partial charge in [-0.3, -0.25) is 0 Å². The molecule has 2 rings (SSSR count). The minimum atomic E-state index is -0.0261. The number of aryl methyl sites for hydroxylation is 1. The summed E-state index contributed by atoms with van der Waals surface area (Å²) in [6.45, 7) is 0. The molecule has 0 spiro atoms. The van der Waals surface area contributed by atoms with Crippen molar-refractivity contribution < 1.29 is 14.2 Å². The molecule has 0 unspecified atom stereocenters. The largest absolute Gasteiger partial charge is 0.497 e. The van der Waals surface area contributed by atoms with Gasteiger partial charge in [0.1, 0.15) is 5.75 Å². The van der Waals surface area contributed by atoms with Crippen LogP contribution < -0.4 is 19.9 Å². The molecule has 0 heterocycles. The third-order valence-corrected chi connectivity index (χ3v) is 3.75. The van der Waals surface area contributed by atoms with Gasteiger partial charge in [0, 0.05) is 6.04 Å². The summed E-state index contributed by atoms with van der Waals surface area (Å²) in [4.78, 5) is 0. The second-order valence-electron chi connectivity index (χ2n) is 5.07. The average Bonchev–Trinajstić information content (AvgIpc) is 2.59. The lowest BCUT2D eigenvalue weighted by Gasteiger charge is -2.15. The zero-order valence-corrected chi connectivity index (χ0v) is 13.3. The van der Waals surface area contributed by atoms with Gasteiger partial charge in [0.15, 0.2) is 11.5 Å². The number of hydrogen-bond donors (Lipinski definition) is 1. The molecule has 2 aromatic rings. The van der Waals surface area contributed by atoms with Gasteiger partial charge in [0.2, 0.25) is 0 Å². The fraction of sp³-hybridized carbons (Fsp3) is 0.333. The number of para-hydroxylation sites is 1. The van der Waals surface area contributed by atoms with Crippen molar-refractivity contribution in [3.8, 4) is 17.2 Å². The summed E-state index contributed by atoms with van der Waals surface area (Å²) in [6, 6.07) is 13.8. The average molecular weight is 301 g/mol. The van der Waals surface area contributed by atoms with Gasteiger partial charge in [-0.1, -0.05) is 24.3 Å². The SMILES string of the molecule is COc1ccc([C@H](N)CCc2cccc(OC)c2OC)cc1. The predicted octanol–water partition coefficient (Wildman–Crippen LogP) is 3.35. The maximum absolute atomic E-state index is 6.28. The molecule has 0 bridgehead atoms. The Kier molecular flexibility index (Phi) is 5.67. The van der Waals surface area contributed by atoms with Crippen molar-refractivity contribution in [1.29, 1.82) is 0 Å². The maximum Gasteiger partial charge on any atom is 0.163 e. The molecule has 0 saturated carbocycles. The summed E-state index contributed by atoms with van der Waals surface area (Å²) >= 11 is 0. The third-order valence-electron chi connectivity index (χ3n) is 3.75. The predicted molar refractivity (Wildman–Crippen MR) is 87.8 cm³/mol. The Morgan fingerprint density at radius 3 is 2.23 bits per heavy atom.